The Morgan fingerprint density at radius 2 is 2.00 bits per heavy atom. The highest BCUT2D eigenvalue weighted by atomic mass is 16.8. The van der Waals surface area contributed by atoms with Crippen LogP contribution in [0.5, 0.6) is 0 Å². The molecular formula is C9H14N2O. The van der Waals surface area contributed by atoms with Crippen LogP contribution in [0.25, 0.3) is 0 Å². The highest BCUT2D eigenvalue weighted by Gasteiger charge is 1.96. The summed E-state index contributed by atoms with van der Waals surface area (Å²) >= 11 is 0. The second-order valence-corrected chi connectivity index (χ2v) is 2.73. The van der Waals surface area contributed by atoms with Crippen LogP contribution in [0.15, 0.2) is 18.2 Å². The number of anilines is 1. The minimum atomic E-state index is 0.981. The molecule has 0 spiro atoms. The van der Waals surface area contributed by atoms with Gasteiger partial charge in [0.15, 0.2) is 0 Å². The molecule has 1 aromatic carbocycles. The Morgan fingerprint density at radius 3 is 2.58 bits per heavy atom. The normalized spacial score (nSPS) is 9.92. The molecule has 3 heteroatoms. The zero-order valence-electron chi connectivity index (χ0n) is 7.64. The first-order valence-corrected chi connectivity index (χ1v) is 3.90. The van der Waals surface area contributed by atoms with Gasteiger partial charge in [0.2, 0.25) is 0 Å². The van der Waals surface area contributed by atoms with Crippen molar-refractivity contribution in [3.63, 3.8) is 0 Å². The van der Waals surface area contributed by atoms with E-state index in [1.54, 1.807) is 7.05 Å². The molecule has 1 aromatic rings. The topological polar surface area (TPSA) is 33.3 Å². The van der Waals surface area contributed by atoms with Gasteiger partial charge in [0.05, 0.1) is 5.69 Å². The zero-order valence-corrected chi connectivity index (χ0v) is 7.64. The van der Waals surface area contributed by atoms with Gasteiger partial charge in [0.25, 0.3) is 0 Å². The van der Waals surface area contributed by atoms with Crippen LogP contribution in [0.4, 0.5) is 5.69 Å². The highest BCUT2D eigenvalue weighted by Crippen LogP contribution is 2.15. The fraction of sp³-hybridized carbons (Fsp3) is 0.333. The summed E-state index contributed by atoms with van der Waals surface area (Å²) in [7, 11) is 1.70. The summed E-state index contributed by atoms with van der Waals surface area (Å²) in [5.74, 6) is 0. The fourth-order valence-corrected chi connectivity index (χ4v) is 1.03. The number of hydrogen-bond acceptors (Lipinski definition) is 3. The monoisotopic (exact) mass is 166 g/mol. The van der Waals surface area contributed by atoms with Gasteiger partial charge in [-0.25, -0.2) is 5.48 Å². The second kappa shape index (κ2) is 4.09. The Morgan fingerprint density at radius 1 is 1.25 bits per heavy atom. The molecule has 0 saturated carbocycles. The first-order valence-electron chi connectivity index (χ1n) is 3.90. The van der Waals surface area contributed by atoms with Crippen LogP contribution in [0.1, 0.15) is 11.1 Å². The van der Waals surface area contributed by atoms with E-state index in [9.17, 15) is 0 Å². The van der Waals surface area contributed by atoms with Gasteiger partial charge in [-0.3, -0.25) is 0 Å². The summed E-state index contributed by atoms with van der Waals surface area (Å²) in [5.41, 5.74) is 8.73. The van der Waals surface area contributed by atoms with Crippen LogP contribution in [0.3, 0.4) is 0 Å². The van der Waals surface area contributed by atoms with E-state index in [0.717, 1.165) is 5.69 Å². The summed E-state index contributed by atoms with van der Waals surface area (Å²) in [6, 6.07) is 6.12. The summed E-state index contributed by atoms with van der Waals surface area (Å²) < 4.78 is 0. The summed E-state index contributed by atoms with van der Waals surface area (Å²) in [6.45, 7) is 4.10. The Balaban J connectivity index is 2.72. The zero-order chi connectivity index (χ0) is 8.97. The highest BCUT2D eigenvalue weighted by molar-refractivity contribution is 5.50. The Bertz CT molecular complexity index is 261. The average Bonchev–Trinajstić information content (AvgIpc) is 2.03. The molecule has 0 aromatic heterocycles. The van der Waals surface area contributed by atoms with Gasteiger partial charge in [0.1, 0.15) is 0 Å². The molecular weight excluding hydrogens is 152 g/mol. The van der Waals surface area contributed by atoms with Gasteiger partial charge < -0.3 is 0 Å². The van der Waals surface area contributed by atoms with Crippen LogP contribution in [-0.4, -0.2) is 7.05 Å². The van der Waals surface area contributed by atoms with E-state index in [4.69, 9.17) is 4.94 Å². The number of benzene rings is 1. The lowest BCUT2D eigenvalue weighted by atomic mass is 10.1. The van der Waals surface area contributed by atoms with Crippen LogP contribution >= 0.6 is 0 Å². The predicted molar refractivity (Wildman–Crippen MR) is 49.7 cm³/mol. The van der Waals surface area contributed by atoms with Crippen molar-refractivity contribution in [2.75, 3.05) is 12.5 Å². The number of hydroxylamine groups is 1. The van der Waals surface area contributed by atoms with Crippen molar-refractivity contribution in [2.24, 2.45) is 0 Å². The SMILES string of the molecule is CNONc1ccc(C)cc1C. The Labute approximate surface area is 72.6 Å². The maximum Gasteiger partial charge on any atom is 0.0653 e. The molecule has 0 amide bonds. The number of hydrogen-bond donors (Lipinski definition) is 2. The van der Waals surface area contributed by atoms with E-state index in [0.29, 0.717) is 0 Å². The number of nitrogens with one attached hydrogen (secondary N) is 2. The molecule has 0 aliphatic heterocycles. The third-order valence-electron chi connectivity index (χ3n) is 1.64. The molecule has 0 heterocycles. The van der Waals surface area contributed by atoms with Crippen LogP contribution in [-0.2, 0) is 4.94 Å². The van der Waals surface area contributed by atoms with Gasteiger partial charge in [-0.15, -0.1) is 0 Å². The first kappa shape index (κ1) is 9.03. The van der Waals surface area contributed by atoms with Crippen LogP contribution < -0.4 is 11.0 Å². The largest absolute Gasteiger partial charge is 0.248 e. The maximum atomic E-state index is 4.84. The number of aryl methyl sites for hydroxylation is 2. The Hall–Kier alpha value is -1.06. The lowest BCUT2D eigenvalue weighted by Gasteiger charge is -2.08. The summed E-state index contributed by atoms with van der Waals surface area (Å²) in [4.78, 5) is 4.84. The van der Waals surface area contributed by atoms with Crippen molar-refractivity contribution in [3.8, 4) is 0 Å². The van der Waals surface area contributed by atoms with Gasteiger partial charge in [0, 0.05) is 7.05 Å². The smallest absolute Gasteiger partial charge is 0.0653 e. The molecule has 0 bridgehead atoms. The molecule has 0 atom stereocenters. The van der Waals surface area contributed by atoms with Crippen molar-refractivity contribution in [3.05, 3.63) is 29.3 Å². The lowest BCUT2D eigenvalue weighted by molar-refractivity contribution is 0.109. The third kappa shape index (κ3) is 2.22. The molecule has 0 aliphatic carbocycles. The van der Waals surface area contributed by atoms with Crippen molar-refractivity contribution in [1.29, 1.82) is 0 Å². The van der Waals surface area contributed by atoms with Crippen molar-refractivity contribution >= 4 is 5.69 Å². The molecule has 0 fully saturated rings. The fourth-order valence-electron chi connectivity index (χ4n) is 1.03. The molecule has 0 unspecified atom stereocenters. The first-order chi connectivity index (χ1) is 5.74. The number of rotatable bonds is 3. The van der Waals surface area contributed by atoms with Crippen LogP contribution in [0, 0.1) is 13.8 Å². The van der Waals surface area contributed by atoms with Crippen molar-refractivity contribution < 1.29 is 4.94 Å². The molecule has 66 valence electrons. The molecule has 0 aliphatic rings. The van der Waals surface area contributed by atoms with E-state index in [1.807, 2.05) is 19.1 Å². The van der Waals surface area contributed by atoms with E-state index in [1.165, 1.54) is 11.1 Å². The Kier molecular flexibility index (Phi) is 3.08. The van der Waals surface area contributed by atoms with Gasteiger partial charge in [-0.05, 0) is 25.5 Å². The molecule has 0 saturated heterocycles. The maximum absolute atomic E-state index is 4.84. The molecule has 12 heavy (non-hydrogen) atoms. The second-order valence-electron chi connectivity index (χ2n) is 2.73. The van der Waals surface area contributed by atoms with Gasteiger partial charge >= 0.3 is 0 Å². The lowest BCUT2D eigenvalue weighted by Crippen LogP contribution is -2.13. The van der Waals surface area contributed by atoms with Crippen LogP contribution in [0.2, 0.25) is 0 Å². The van der Waals surface area contributed by atoms with Gasteiger partial charge in [-0.2, -0.15) is 10.4 Å². The molecule has 1 rings (SSSR count). The molecule has 3 nitrogen and oxygen atoms in total. The van der Waals surface area contributed by atoms with Gasteiger partial charge in [-0.1, -0.05) is 17.7 Å². The third-order valence-corrected chi connectivity index (χ3v) is 1.64. The minimum Gasteiger partial charge on any atom is -0.248 e. The van der Waals surface area contributed by atoms with Crippen molar-refractivity contribution in [1.82, 2.24) is 5.48 Å². The quantitative estimate of drug-likeness (QED) is 0.671. The van der Waals surface area contributed by atoms with E-state index in [-0.39, 0.29) is 0 Å². The predicted octanol–water partition coefficient (Wildman–Crippen LogP) is 1.78. The summed E-state index contributed by atoms with van der Waals surface area (Å²) in [6.07, 6.45) is 0. The molecule has 0 radical (unpaired) electrons. The average molecular weight is 166 g/mol. The molecule has 2 N–H and O–H groups in total. The summed E-state index contributed by atoms with van der Waals surface area (Å²) in [5, 5.41) is 0. The van der Waals surface area contributed by atoms with Crippen molar-refractivity contribution in [2.45, 2.75) is 13.8 Å². The van der Waals surface area contributed by atoms with E-state index >= 15 is 0 Å². The standard InChI is InChI=1S/C9H14N2O/c1-7-4-5-9(8(2)6-7)11-12-10-3/h4-6,10-11H,1-3H3. The van der Waals surface area contributed by atoms with E-state index < -0.39 is 0 Å². The van der Waals surface area contributed by atoms with E-state index in [2.05, 4.69) is 24.0 Å². The minimum absolute atomic E-state index is 0.981.